The summed E-state index contributed by atoms with van der Waals surface area (Å²) in [7, 11) is 0. The summed E-state index contributed by atoms with van der Waals surface area (Å²) in [5.41, 5.74) is 8.51. The number of anilines is 1. The molecule has 1 saturated carbocycles. The van der Waals surface area contributed by atoms with Gasteiger partial charge in [0.15, 0.2) is 0 Å². The van der Waals surface area contributed by atoms with Gasteiger partial charge in [0.25, 0.3) is 5.91 Å². The van der Waals surface area contributed by atoms with Crippen LogP contribution in [0.15, 0.2) is 30.3 Å². The predicted octanol–water partition coefficient (Wildman–Crippen LogP) is 4.25. The number of thiophene rings is 1. The second-order valence-electron chi connectivity index (χ2n) is 7.34. The summed E-state index contributed by atoms with van der Waals surface area (Å²) in [6.45, 7) is 0. The van der Waals surface area contributed by atoms with Gasteiger partial charge in [-0.1, -0.05) is 43.2 Å². The Morgan fingerprint density at radius 3 is 2.50 bits per heavy atom. The zero-order valence-electron chi connectivity index (χ0n) is 14.8. The van der Waals surface area contributed by atoms with Gasteiger partial charge in [0, 0.05) is 10.8 Å². The van der Waals surface area contributed by atoms with Gasteiger partial charge in [-0.25, -0.2) is 0 Å². The summed E-state index contributed by atoms with van der Waals surface area (Å²) in [5.74, 6) is -0.138. The van der Waals surface area contributed by atoms with E-state index in [0.717, 1.165) is 37.7 Å². The number of benzene rings is 1. The van der Waals surface area contributed by atoms with Crippen LogP contribution in [0, 0.1) is 5.92 Å². The topological polar surface area (TPSA) is 72.2 Å². The van der Waals surface area contributed by atoms with Crippen LogP contribution in [0.25, 0.3) is 0 Å². The Labute approximate surface area is 157 Å². The molecule has 5 heteroatoms. The van der Waals surface area contributed by atoms with Crippen molar-refractivity contribution in [2.24, 2.45) is 11.7 Å². The molecule has 0 saturated heterocycles. The van der Waals surface area contributed by atoms with Gasteiger partial charge in [-0.2, -0.15) is 0 Å². The van der Waals surface area contributed by atoms with Crippen LogP contribution in [-0.2, 0) is 17.6 Å². The summed E-state index contributed by atoms with van der Waals surface area (Å²) >= 11 is 1.55. The van der Waals surface area contributed by atoms with Crippen molar-refractivity contribution in [1.82, 2.24) is 0 Å². The van der Waals surface area contributed by atoms with Gasteiger partial charge in [-0.3, -0.25) is 9.59 Å². The minimum absolute atomic E-state index is 0.00979. The van der Waals surface area contributed by atoms with E-state index < -0.39 is 5.91 Å². The number of hydrogen-bond acceptors (Lipinski definition) is 3. The van der Waals surface area contributed by atoms with Crippen LogP contribution in [0.5, 0.6) is 0 Å². The summed E-state index contributed by atoms with van der Waals surface area (Å²) in [4.78, 5) is 26.0. The van der Waals surface area contributed by atoms with E-state index >= 15 is 0 Å². The number of fused-ring (bicyclic) bond motifs is 1. The van der Waals surface area contributed by atoms with Crippen molar-refractivity contribution in [1.29, 1.82) is 0 Å². The van der Waals surface area contributed by atoms with Gasteiger partial charge < -0.3 is 11.1 Å². The van der Waals surface area contributed by atoms with Gasteiger partial charge in [-0.15, -0.1) is 11.3 Å². The third kappa shape index (κ3) is 3.40. The fourth-order valence-electron chi connectivity index (χ4n) is 4.03. The van der Waals surface area contributed by atoms with E-state index in [9.17, 15) is 9.59 Å². The molecule has 2 aromatic rings. The number of primary amides is 1. The molecule has 2 aliphatic rings. The first-order valence-corrected chi connectivity index (χ1v) is 10.3. The predicted molar refractivity (Wildman–Crippen MR) is 105 cm³/mol. The standard InChI is InChI=1S/C21H24N2O2S/c22-19(24)18-14-10-6-1-2-7-11-17(14)26-21(18)23-20(25)16-12-15(16)13-8-4-3-5-9-13/h3-5,8-9,15-16H,1-2,6-7,10-12H2,(H2,22,24)(H,23,25). The molecule has 2 aliphatic carbocycles. The Hall–Kier alpha value is -2.14. The number of nitrogens with two attached hydrogens (primary N) is 1. The fourth-order valence-corrected chi connectivity index (χ4v) is 5.32. The lowest BCUT2D eigenvalue weighted by Gasteiger charge is -2.10. The molecule has 2 amide bonds. The van der Waals surface area contributed by atoms with Crippen molar-refractivity contribution < 1.29 is 9.59 Å². The highest BCUT2D eigenvalue weighted by Crippen LogP contribution is 2.48. The molecule has 2 unspecified atom stereocenters. The first-order valence-electron chi connectivity index (χ1n) is 9.45. The molecule has 1 aromatic carbocycles. The molecule has 3 N–H and O–H groups in total. The van der Waals surface area contributed by atoms with Gasteiger partial charge in [0.2, 0.25) is 5.91 Å². The number of hydrogen-bond donors (Lipinski definition) is 2. The highest BCUT2D eigenvalue weighted by Gasteiger charge is 2.44. The van der Waals surface area contributed by atoms with Crippen LogP contribution < -0.4 is 11.1 Å². The van der Waals surface area contributed by atoms with E-state index in [1.807, 2.05) is 18.2 Å². The first kappa shape index (κ1) is 17.3. The van der Waals surface area contributed by atoms with Crippen LogP contribution in [-0.4, -0.2) is 11.8 Å². The number of carbonyl (C=O) groups excluding carboxylic acids is 2. The smallest absolute Gasteiger partial charge is 0.251 e. The molecule has 0 radical (unpaired) electrons. The maximum Gasteiger partial charge on any atom is 0.251 e. The van der Waals surface area contributed by atoms with Gasteiger partial charge in [0.05, 0.1) is 5.56 Å². The SMILES string of the molecule is NC(=O)c1c(NC(=O)C2CC2c2ccccc2)sc2c1CCCCCC2. The van der Waals surface area contributed by atoms with E-state index in [4.69, 9.17) is 5.73 Å². The number of rotatable bonds is 4. The second-order valence-corrected chi connectivity index (χ2v) is 8.44. The third-order valence-electron chi connectivity index (χ3n) is 5.51. The minimum atomic E-state index is -0.422. The molecule has 4 rings (SSSR count). The molecule has 0 spiro atoms. The first-order chi connectivity index (χ1) is 12.6. The summed E-state index contributed by atoms with van der Waals surface area (Å²) < 4.78 is 0. The molecular formula is C21H24N2O2S. The highest BCUT2D eigenvalue weighted by molar-refractivity contribution is 7.17. The fraction of sp³-hybridized carbons (Fsp3) is 0.429. The third-order valence-corrected chi connectivity index (χ3v) is 6.72. The Morgan fingerprint density at radius 2 is 1.77 bits per heavy atom. The van der Waals surface area contributed by atoms with Gasteiger partial charge in [0.1, 0.15) is 5.00 Å². The summed E-state index contributed by atoms with van der Waals surface area (Å²) in [5, 5.41) is 3.69. The molecule has 2 atom stereocenters. The summed E-state index contributed by atoms with van der Waals surface area (Å²) in [6, 6.07) is 10.1. The lowest BCUT2D eigenvalue weighted by molar-refractivity contribution is -0.117. The normalized spacial score (nSPS) is 22.0. The number of aryl methyl sites for hydroxylation is 1. The highest BCUT2D eigenvalue weighted by atomic mass is 32.1. The Bertz CT molecular complexity index is 828. The Balaban J connectivity index is 1.54. The van der Waals surface area contributed by atoms with Crippen molar-refractivity contribution in [3.05, 3.63) is 51.9 Å². The van der Waals surface area contributed by atoms with Crippen LogP contribution in [0.2, 0.25) is 0 Å². The minimum Gasteiger partial charge on any atom is -0.365 e. The number of nitrogens with one attached hydrogen (secondary N) is 1. The molecule has 1 heterocycles. The van der Waals surface area contributed by atoms with E-state index in [2.05, 4.69) is 17.4 Å². The van der Waals surface area contributed by atoms with Crippen molar-refractivity contribution in [2.75, 3.05) is 5.32 Å². The molecular weight excluding hydrogens is 344 g/mol. The van der Waals surface area contributed by atoms with Crippen LogP contribution in [0.3, 0.4) is 0 Å². The van der Waals surface area contributed by atoms with E-state index in [1.54, 1.807) is 11.3 Å². The molecule has 4 nitrogen and oxygen atoms in total. The zero-order valence-corrected chi connectivity index (χ0v) is 15.6. The lowest BCUT2D eigenvalue weighted by Crippen LogP contribution is -2.19. The monoisotopic (exact) mass is 368 g/mol. The maximum atomic E-state index is 12.7. The van der Waals surface area contributed by atoms with E-state index in [-0.39, 0.29) is 17.7 Å². The second kappa shape index (κ2) is 7.23. The number of carbonyl (C=O) groups is 2. The molecule has 136 valence electrons. The quantitative estimate of drug-likeness (QED) is 0.847. The average molecular weight is 369 g/mol. The van der Waals surface area contributed by atoms with E-state index in [0.29, 0.717) is 10.6 Å². The molecule has 1 aromatic heterocycles. The molecule has 0 aliphatic heterocycles. The van der Waals surface area contributed by atoms with Crippen molar-refractivity contribution in [2.45, 2.75) is 50.9 Å². The maximum absolute atomic E-state index is 12.7. The van der Waals surface area contributed by atoms with Gasteiger partial charge in [-0.05, 0) is 49.1 Å². The average Bonchev–Trinajstić information content (AvgIpc) is 3.35. The van der Waals surface area contributed by atoms with Crippen molar-refractivity contribution in [3.63, 3.8) is 0 Å². The van der Waals surface area contributed by atoms with E-state index in [1.165, 1.54) is 23.3 Å². The van der Waals surface area contributed by atoms with Crippen molar-refractivity contribution >= 4 is 28.2 Å². The Morgan fingerprint density at radius 1 is 1.04 bits per heavy atom. The zero-order chi connectivity index (χ0) is 18.1. The molecule has 0 bridgehead atoms. The largest absolute Gasteiger partial charge is 0.365 e. The van der Waals surface area contributed by atoms with Gasteiger partial charge >= 0.3 is 0 Å². The Kier molecular flexibility index (Phi) is 4.81. The number of amides is 2. The molecule has 26 heavy (non-hydrogen) atoms. The summed E-state index contributed by atoms with van der Waals surface area (Å²) in [6.07, 6.45) is 7.37. The van der Waals surface area contributed by atoms with Crippen LogP contribution >= 0.6 is 11.3 Å². The molecule has 1 fully saturated rings. The van der Waals surface area contributed by atoms with Crippen LogP contribution in [0.4, 0.5) is 5.00 Å². The lowest BCUT2D eigenvalue weighted by atomic mass is 9.96. The van der Waals surface area contributed by atoms with Crippen LogP contribution in [0.1, 0.15) is 64.4 Å². The van der Waals surface area contributed by atoms with Crippen molar-refractivity contribution in [3.8, 4) is 0 Å².